The maximum atomic E-state index is 12.1. The number of rotatable bonds is 2. The van der Waals surface area contributed by atoms with Crippen molar-refractivity contribution in [2.75, 3.05) is 13.1 Å². The van der Waals surface area contributed by atoms with Crippen LogP contribution in [0.15, 0.2) is 35.4 Å². The average Bonchev–Trinajstić information content (AvgIpc) is 3.43. The fourth-order valence-electron chi connectivity index (χ4n) is 2.47. The van der Waals surface area contributed by atoms with E-state index in [9.17, 15) is 9.59 Å². The van der Waals surface area contributed by atoms with E-state index in [4.69, 9.17) is 16.7 Å². The van der Waals surface area contributed by atoms with E-state index < -0.39 is 5.97 Å². The van der Waals surface area contributed by atoms with Crippen LogP contribution in [0.25, 0.3) is 5.65 Å². The molecule has 1 fully saturated rings. The Balaban J connectivity index is 0.000000220. The maximum Gasteiger partial charge on any atom is 0.355 e. The van der Waals surface area contributed by atoms with E-state index in [1.807, 2.05) is 24.8 Å². The summed E-state index contributed by atoms with van der Waals surface area (Å²) in [7, 11) is 0. The van der Waals surface area contributed by atoms with Gasteiger partial charge in [0.05, 0.1) is 10.5 Å². The number of carbonyl (C=O) groups is 2. The Bertz CT molecular complexity index is 889. The van der Waals surface area contributed by atoms with Crippen molar-refractivity contribution in [2.24, 2.45) is 0 Å². The van der Waals surface area contributed by atoms with Crippen molar-refractivity contribution in [3.63, 3.8) is 0 Å². The highest BCUT2D eigenvalue weighted by molar-refractivity contribution is 7.07. The largest absolute Gasteiger partial charge is 0.476 e. The number of aromatic nitrogens is 3. The number of nitrogens with zero attached hydrogens (tertiary/aromatic N) is 4. The Morgan fingerprint density at radius 1 is 1.15 bits per heavy atom. The SMILES string of the molecule is CC.O=C(O)c1cscn1.O=C(c1cn2cc(Cl)ccc2n1)N1CCCC1. The zero-order valence-electron chi connectivity index (χ0n) is 15.1. The molecule has 3 aromatic heterocycles. The van der Waals surface area contributed by atoms with E-state index in [0.717, 1.165) is 31.6 Å². The first kappa shape index (κ1) is 20.9. The van der Waals surface area contributed by atoms with E-state index in [1.54, 1.807) is 22.9 Å². The summed E-state index contributed by atoms with van der Waals surface area (Å²) in [5.74, 6) is -0.950. The van der Waals surface area contributed by atoms with Gasteiger partial charge in [0.2, 0.25) is 0 Å². The molecule has 0 saturated carbocycles. The first-order valence-corrected chi connectivity index (χ1v) is 9.91. The molecule has 0 aliphatic carbocycles. The summed E-state index contributed by atoms with van der Waals surface area (Å²) in [5.41, 5.74) is 2.85. The van der Waals surface area contributed by atoms with Gasteiger partial charge in [-0.15, -0.1) is 11.3 Å². The van der Waals surface area contributed by atoms with Gasteiger partial charge in [-0.2, -0.15) is 0 Å². The second kappa shape index (κ2) is 10.0. The third-order valence-corrected chi connectivity index (χ3v) is 4.49. The monoisotopic (exact) mass is 408 g/mol. The Morgan fingerprint density at radius 3 is 2.41 bits per heavy atom. The summed E-state index contributed by atoms with van der Waals surface area (Å²) in [5, 5.41) is 10.3. The number of imidazole rings is 1. The van der Waals surface area contributed by atoms with Crippen molar-refractivity contribution in [1.29, 1.82) is 0 Å². The molecule has 1 N–H and O–H groups in total. The van der Waals surface area contributed by atoms with Crippen LogP contribution in [0.2, 0.25) is 5.02 Å². The van der Waals surface area contributed by atoms with Gasteiger partial charge in [0.1, 0.15) is 11.3 Å². The molecule has 1 saturated heterocycles. The van der Waals surface area contributed by atoms with Gasteiger partial charge in [-0.05, 0) is 25.0 Å². The van der Waals surface area contributed by atoms with Crippen molar-refractivity contribution in [2.45, 2.75) is 26.7 Å². The van der Waals surface area contributed by atoms with Crippen molar-refractivity contribution >= 4 is 40.5 Å². The van der Waals surface area contributed by atoms with Crippen LogP contribution in [0.1, 0.15) is 47.7 Å². The molecule has 27 heavy (non-hydrogen) atoms. The van der Waals surface area contributed by atoms with Gasteiger partial charge in [-0.25, -0.2) is 14.8 Å². The number of carboxylic acids is 1. The molecule has 0 unspecified atom stereocenters. The second-order valence-electron chi connectivity index (χ2n) is 5.42. The summed E-state index contributed by atoms with van der Waals surface area (Å²) in [4.78, 5) is 31.8. The van der Waals surface area contributed by atoms with Crippen LogP contribution in [0.5, 0.6) is 0 Å². The van der Waals surface area contributed by atoms with Crippen molar-refractivity contribution in [3.8, 4) is 0 Å². The molecule has 0 radical (unpaired) electrons. The zero-order chi connectivity index (χ0) is 19.8. The minimum atomic E-state index is -0.966. The number of hydrogen-bond donors (Lipinski definition) is 1. The third kappa shape index (κ3) is 5.51. The molecule has 9 heteroatoms. The molecule has 0 bridgehead atoms. The lowest BCUT2D eigenvalue weighted by molar-refractivity contribution is 0.0690. The number of thiazole rings is 1. The molecular weight excluding hydrogens is 388 g/mol. The second-order valence-corrected chi connectivity index (χ2v) is 6.57. The lowest BCUT2D eigenvalue weighted by atomic mass is 10.4. The van der Waals surface area contributed by atoms with Gasteiger partial charge in [0, 0.05) is 30.9 Å². The molecule has 0 spiro atoms. The van der Waals surface area contributed by atoms with Gasteiger partial charge < -0.3 is 14.4 Å². The Hall–Kier alpha value is -2.45. The molecule has 1 amide bonds. The van der Waals surface area contributed by atoms with Crippen molar-refractivity contribution < 1.29 is 14.7 Å². The average molecular weight is 409 g/mol. The number of pyridine rings is 1. The van der Waals surface area contributed by atoms with Gasteiger partial charge >= 0.3 is 5.97 Å². The summed E-state index contributed by atoms with van der Waals surface area (Å²) in [6.45, 7) is 5.68. The number of aromatic carboxylic acids is 1. The van der Waals surface area contributed by atoms with Gasteiger partial charge in [-0.3, -0.25) is 4.79 Å². The van der Waals surface area contributed by atoms with Crippen LogP contribution in [0.3, 0.4) is 0 Å². The highest BCUT2D eigenvalue weighted by atomic mass is 35.5. The Kier molecular flexibility index (Phi) is 7.75. The standard InChI is InChI=1S/C12H12ClN3O.C4H3NO2S.C2H6/c13-9-3-4-11-14-10(8-16(11)7-9)12(17)15-5-1-2-6-15;6-4(7)3-1-8-2-5-3;1-2/h3-4,7-8H,1-2,5-6H2;1-2H,(H,6,7);1-2H3. The van der Waals surface area contributed by atoms with Crippen LogP contribution in [0.4, 0.5) is 0 Å². The van der Waals surface area contributed by atoms with Gasteiger partial charge in [-0.1, -0.05) is 25.4 Å². The molecule has 1 aliphatic heterocycles. The molecule has 7 nitrogen and oxygen atoms in total. The molecule has 0 atom stereocenters. The summed E-state index contributed by atoms with van der Waals surface area (Å²) < 4.78 is 1.78. The number of fused-ring (bicyclic) bond motifs is 1. The van der Waals surface area contributed by atoms with Crippen molar-refractivity contribution in [3.05, 3.63) is 51.8 Å². The molecule has 3 aromatic rings. The highest BCUT2D eigenvalue weighted by Gasteiger charge is 2.21. The van der Waals surface area contributed by atoms with Crippen LogP contribution in [-0.4, -0.2) is 49.3 Å². The minimum Gasteiger partial charge on any atom is -0.476 e. The summed E-state index contributed by atoms with van der Waals surface area (Å²) in [6, 6.07) is 3.58. The number of likely N-dealkylation sites (tertiary alicyclic amines) is 1. The van der Waals surface area contributed by atoms with Crippen LogP contribution < -0.4 is 0 Å². The van der Waals surface area contributed by atoms with Crippen LogP contribution in [-0.2, 0) is 0 Å². The molecule has 1 aliphatic rings. The van der Waals surface area contributed by atoms with E-state index >= 15 is 0 Å². The quantitative estimate of drug-likeness (QED) is 0.689. The third-order valence-electron chi connectivity index (χ3n) is 3.68. The predicted octanol–water partition coefficient (Wildman–Crippen LogP) is 4.09. The van der Waals surface area contributed by atoms with Gasteiger partial charge in [0.15, 0.2) is 5.69 Å². The topological polar surface area (TPSA) is 87.8 Å². The molecular formula is C18H21ClN4O3S. The minimum absolute atomic E-state index is 0.0160. The van der Waals surface area contributed by atoms with E-state index in [2.05, 4.69) is 9.97 Å². The van der Waals surface area contributed by atoms with Crippen molar-refractivity contribution in [1.82, 2.24) is 19.3 Å². The van der Waals surface area contributed by atoms with E-state index in [0.29, 0.717) is 10.7 Å². The number of hydrogen-bond acceptors (Lipinski definition) is 5. The Labute approximate surface area is 166 Å². The summed E-state index contributed by atoms with van der Waals surface area (Å²) >= 11 is 7.17. The maximum absolute atomic E-state index is 12.1. The highest BCUT2D eigenvalue weighted by Crippen LogP contribution is 2.15. The number of amides is 1. The Morgan fingerprint density at radius 2 is 1.85 bits per heavy atom. The normalized spacial score (nSPS) is 12.8. The molecule has 0 aromatic carbocycles. The predicted molar refractivity (Wildman–Crippen MR) is 106 cm³/mol. The molecule has 144 valence electrons. The first-order chi connectivity index (χ1) is 13.0. The summed E-state index contributed by atoms with van der Waals surface area (Å²) in [6.07, 6.45) is 5.67. The number of halogens is 1. The fourth-order valence-corrected chi connectivity index (χ4v) is 3.16. The molecule has 4 heterocycles. The van der Waals surface area contributed by atoms with Crippen LogP contribution in [0, 0.1) is 0 Å². The van der Waals surface area contributed by atoms with Crippen LogP contribution >= 0.6 is 22.9 Å². The number of carbonyl (C=O) groups excluding carboxylic acids is 1. The smallest absolute Gasteiger partial charge is 0.355 e. The first-order valence-electron chi connectivity index (χ1n) is 8.59. The molecule has 4 rings (SSSR count). The van der Waals surface area contributed by atoms with E-state index in [1.165, 1.54) is 22.2 Å². The van der Waals surface area contributed by atoms with Gasteiger partial charge in [0.25, 0.3) is 5.91 Å². The number of carboxylic acid groups (broad SMARTS) is 1. The van der Waals surface area contributed by atoms with E-state index in [-0.39, 0.29) is 11.6 Å². The zero-order valence-corrected chi connectivity index (χ0v) is 16.7. The lowest BCUT2D eigenvalue weighted by Crippen LogP contribution is -2.27. The fraction of sp³-hybridized carbons (Fsp3) is 0.333. The lowest BCUT2D eigenvalue weighted by Gasteiger charge is -2.12.